The van der Waals surface area contributed by atoms with Gasteiger partial charge in [-0.25, -0.2) is 4.39 Å². The van der Waals surface area contributed by atoms with E-state index in [1.807, 2.05) is 6.07 Å². The third kappa shape index (κ3) is 6.86. The fraction of sp³-hybridized carbons (Fsp3) is 0.321. The van der Waals surface area contributed by atoms with Gasteiger partial charge in [-0.15, -0.1) is 0 Å². The second-order valence-corrected chi connectivity index (χ2v) is 10.2. The van der Waals surface area contributed by atoms with E-state index in [4.69, 9.17) is 5.26 Å². The number of rotatable bonds is 9. The maximum atomic E-state index is 14.7. The van der Waals surface area contributed by atoms with Gasteiger partial charge in [0.25, 0.3) is 5.91 Å². The first-order valence-electron chi connectivity index (χ1n) is 12.4. The average Bonchev–Trinajstić information content (AvgIpc) is 3.53. The van der Waals surface area contributed by atoms with Crippen molar-refractivity contribution in [2.45, 2.75) is 50.9 Å². The molecule has 0 bridgehead atoms. The highest BCUT2D eigenvalue weighted by molar-refractivity contribution is 6.35. The smallest absolute Gasteiger partial charge is 0.310 e. The van der Waals surface area contributed by atoms with Crippen LogP contribution in [0.3, 0.4) is 0 Å². The van der Waals surface area contributed by atoms with Crippen LogP contribution in [0.2, 0.25) is 0 Å². The minimum absolute atomic E-state index is 0.0752. The van der Waals surface area contributed by atoms with Crippen LogP contribution in [-0.2, 0) is 28.2 Å². The molecule has 10 nitrogen and oxygen atoms in total. The molecule has 0 atom stereocenters. The van der Waals surface area contributed by atoms with Gasteiger partial charge in [0.1, 0.15) is 12.4 Å². The van der Waals surface area contributed by atoms with Crippen LogP contribution in [0.5, 0.6) is 0 Å². The van der Waals surface area contributed by atoms with Crippen molar-refractivity contribution in [1.82, 2.24) is 25.7 Å². The summed E-state index contributed by atoms with van der Waals surface area (Å²) in [6.07, 6.45) is 4.59. The highest BCUT2D eigenvalue weighted by Gasteiger charge is 2.46. The van der Waals surface area contributed by atoms with E-state index < -0.39 is 34.7 Å². The molecule has 202 valence electrons. The van der Waals surface area contributed by atoms with Crippen LogP contribution >= 0.6 is 0 Å². The van der Waals surface area contributed by atoms with Crippen LogP contribution in [0.1, 0.15) is 48.2 Å². The quantitative estimate of drug-likeness (QED) is 0.245. The minimum Gasteiger partial charge on any atom is -0.389 e. The van der Waals surface area contributed by atoms with Crippen molar-refractivity contribution < 1.29 is 23.9 Å². The Labute approximate surface area is 224 Å². The number of nitriles is 1. The molecule has 39 heavy (non-hydrogen) atoms. The number of nitrogens with one attached hydrogen (secondary N) is 3. The van der Waals surface area contributed by atoms with Gasteiger partial charge in [0, 0.05) is 23.9 Å². The molecule has 0 unspecified atom stereocenters. The molecule has 1 aliphatic rings. The topological polar surface area (TPSA) is 149 Å². The zero-order valence-electron chi connectivity index (χ0n) is 21.6. The largest absolute Gasteiger partial charge is 0.389 e. The number of carbonyl (C=O) groups is 3. The van der Waals surface area contributed by atoms with E-state index in [0.29, 0.717) is 40.7 Å². The lowest BCUT2D eigenvalue weighted by Crippen LogP contribution is -2.40. The van der Waals surface area contributed by atoms with E-state index in [0.717, 1.165) is 0 Å². The molecular formula is C28H29FN6O4. The second kappa shape index (κ2) is 11.0. The molecule has 2 aromatic carbocycles. The van der Waals surface area contributed by atoms with Gasteiger partial charge in [0.05, 0.1) is 30.0 Å². The monoisotopic (exact) mass is 532 g/mol. The zero-order valence-corrected chi connectivity index (χ0v) is 21.6. The number of halogens is 1. The molecule has 3 amide bonds. The van der Waals surface area contributed by atoms with Crippen LogP contribution in [0.15, 0.2) is 54.9 Å². The first-order chi connectivity index (χ1) is 18.5. The lowest BCUT2D eigenvalue weighted by atomic mass is 9.98. The average molecular weight is 533 g/mol. The molecule has 0 saturated heterocycles. The standard InChI is InChI=1S/C28H29FN6O4/c1-27(2,39)17-35-16-20(15-33-35)19-11-21(13-22(29)12-19)28(7-8-28)34-24(36)23-6-4-3-5-18(23)14-32-26(38)25(37)31-10-9-30/h3-6,11-13,15-16,39H,7-8,10,14,17H2,1-2H3,(H,31,37)(H,32,38)(H,34,36). The van der Waals surface area contributed by atoms with Gasteiger partial charge in [0.15, 0.2) is 0 Å². The lowest BCUT2D eigenvalue weighted by molar-refractivity contribution is -0.139. The molecule has 0 aliphatic heterocycles. The molecule has 1 fully saturated rings. The predicted octanol–water partition coefficient (Wildman–Crippen LogP) is 2.14. The van der Waals surface area contributed by atoms with Crippen LogP contribution in [0.25, 0.3) is 11.1 Å². The van der Waals surface area contributed by atoms with Crippen LogP contribution in [0.4, 0.5) is 4.39 Å². The molecular weight excluding hydrogens is 503 g/mol. The van der Waals surface area contributed by atoms with Crippen LogP contribution in [-0.4, -0.2) is 44.8 Å². The summed E-state index contributed by atoms with van der Waals surface area (Å²) in [4.78, 5) is 37.0. The maximum Gasteiger partial charge on any atom is 0.310 e. The summed E-state index contributed by atoms with van der Waals surface area (Å²) >= 11 is 0. The van der Waals surface area contributed by atoms with Gasteiger partial charge in [0.2, 0.25) is 0 Å². The van der Waals surface area contributed by atoms with Gasteiger partial charge >= 0.3 is 11.8 Å². The summed E-state index contributed by atoms with van der Waals surface area (Å²) < 4.78 is 16.3. The predicted molar refractivity (Wildman–Crippen MR) is 139 cm³/mol. The molecule has 4 rings (SSSR count). The lowest BCUT2D eigenvalue weighted by Gasteiger charge is -2.20. The highest BCUT2D eigenvalue weighted by Crippen LogP contribution is 2.47. The van der Waals surface area contributed by atoms with E-state index in [1.165, 1.54) is 12.1 Å². The van der Waals surface area contributed by atoms with Gasteiger partial charge < -0.3 is 21.1 Å². The summed E-state index contributed by atoms with van der Waals surface area (Å²) in [5.74, 6) is -2.70. The fourth-order valence-corrected chi connectivity index (χ4v) is 4.28. The summed E-state index contributed by atoms with van der Waals surface area (Å²) in [6, 6.07) is 13.0. The summed E-state index contributed by atoms with van der Waals surface area (Å²) in [7, 11) is 0. The highest BCUT2D eigenvalue weighted by atomic mass is 19.1. The fourth-order valence-electron chi connectivity index (χ4n) is 4.28. The number of hydrogen-bond donors (Lipinski definition) is 4. The van der Waals surface area contributed by atoms with E-state index in [2.05, 4.69) is 21.0 Å². The second-order valence-electron chi connectivity index (χ2n) is 10.2. The normalized spacial score (nSPS) is 13.7. The van der Waals surface area contributed by atoms with Crippen molar-refractivity contribution in [3.63, 3.8) is 0 Å². The molecule has 4 N–H and O–H groups in total. The van der Waals surface area contributed by atoms with Crippen LogP contribution in [0, 0.1) is 17.1 Å². The van der Waals surface area contributed by atoms with Crippen molar-refractivity contribution in [3.05, 3.63) is 77.4 Å². The number of nitrogens with zero attached hydrogens (tertiary/aromatic N) is 3. The summed E-state index contributed by atoms with van der Waals surface area (Å²) in [5.41, 5.74) is 1.01. The van der Waals surface area contributed by atoms with Gasteiger partial charge in [-0.3, -0.25) is 19.1 Å². The van der Waals surface area contributed by atoms with E-state index >= 15 is 0 Å². The number of carbonyl (C=O) groups excluding carboxylic acids is 3. The third-order valence-corrected chi connectivity index (χ3v) is 6.30. The number of amides is 3. The maximum absolute atomic E-state index is 14.7. The SMILES string of the molecule is CC(C)(O)Cn1cc(-c2cc(F)cc(C3(NC(=O)c4ccccc4CNC(=O)C(=O)NCC#N)CC3)c2)cn1. The minimum atomic E-state index is -0.957. The van der Waals surface area contributed by atoms with Gasteiger partial charge in [-0.1, -0.05) is 18.2 Å². The first-order valence-corrected chi connectivity index (χ1v) is 12.4. The Morgan fingerprint density at radius 1 is 1.13 bits per heavy atom. The van der Waals surface area contributed by atoms with Crippen molar-refractivity contribution in [2.75, 3.05) is 6.54 Å². The molecule has 1 heterocycles. The van der Waals surface area contributed by atoms with Gasteiger partial charge in [-0.2, -0.15) is 10.4 Å². The Balaban J connectivity index is 1.50. The Morgan fingerprint density at radius 3 is 2.54 bits per heavy atom. The van der Waals surface area contributed by atoms with Crippen molar-refractivity contribution >= 4 is 17.7 Å². The number of benzene rings is 2. The molecule has 0 radical (unpaired) electrons. The summed E-state index contributed by atoms with van der Waals surface area (Å²) in [6.45, 7) is 3.26. The number of hydrogen-bond acceptors (Lipinski definition) is 6. The molecule has 0 spiro atoms. The van der Waals surface area contributed by atoms with E-state index in [1.54, 1.807) is 61.3 Å². The zero-order chi connectivity index (χ0) is 28.2. The summed E-state index contributed by atoms with van der Waals surface area (Å²) in [5, 5.41) is 30.5. The van der Waals surface area contributed by atoms with Crippen LogP contribution < -0.4 is 16.0 Å². The molecule has 1 aliphatic carbocycles. The third-order valence-electron chi connectivity index (χ3n) is 6.30. The molecule has 1 saturated carbocycles. The first kappa shape index (κ1) is 27.5. The molecule has 3 aromatic rings. The Kier molecular flexibility index (Phi) is 7.78. The van der Waals surface area contributed by atoms with E-state index in [-0.39, 0.29) is 19.6 Å². The van der Waals surface area contributed by atoms with Crippen molar-refractivity contribution in [2.24, 2.45) is 0 Å². The Morgan fingerprint density at radius 2 is 1.85 bits per heavy atom. The van der Waals surface area contributed by atoms with Gasteiger partial charge in [-0.05, 0) is 67.6 Å². The number of aliphatic hydroxyl groups is 1. The molecule has 1 aromatic heterocycles. The molecule has 11 heteroatoms. The number of aromatic nitrogens is 2. The van der Waals surface area contributed by atoms with Crippen molar-refractivity contribution in [1.29, 1.82) is 5.26 Å². The van der Waals surface area contributed by atoms with Crippen molar-refractivity contribution in [3.8, 4) is 17.2 Å². The van der Waals surface area contributed by atoms with E-state index in [9.17, 15) is 23.9 Å². The Bertz CT molecular complexity index is 1450. The Hall–Kier alpha value is -4.56.